The molecule has 0 heterocycles. The van der Waals surface area contributed by atoms with Gasteiger partial charge in [0.15, 0.2) is 0 Å². The molecule has 1 aromatic carbocycles. The van der Waals surface area contributed by atoms with Crippen LogP contribution in [0.5, 0.6) is 0 Å². The first-order chi connectivity index (χ1) is 7.72. The Morgan fingerprint density at radius 3 is 2.81 bits per heavy atom. The molecule has 5 atom stereocenters. The molecule has 4 rings (SSSR count). The second-order valence-electron chi connectivity index (χ2n) is 6.05. The number of fused-ring (bicyclic) bond motifs is 3. The highest BCUT2D eigenvalue weighted by Crippen LogP contribution is 2.70. The summed E-state index contributed by atoms with van der Waals surface area (Å²) in [5.74, 6) is 2.58. The van der Waals surface area contributed by atoms with Gasteiger partial charge in [0.25, 0.3) is 0 Å². The van der Waals surface area contributed by atoms with Crippen molar-refractivity contribution in [3.8, 4) is 0 Å². The van der Waals surface area contributed by atoms with Crippen molar-refractivity contribution >= 4 is 0 Å². The third-order valence-electron chi connectivity index (χ3n) is 5.23. The van der Waals surface area contributed by atoms with E-state index in [4.69, 9.17) is 0 Å². The van der Waals surface area contributed by atoms with Crippen molar-refractivity contribution in [2.24, 2.45) is 17.8 Å². The topological polar surface area (TPSA) is 20.2 Å². The quantitative estimate of drug-likeness (QED) is 0.762. The van der Waals surface area contributed by atoms with Gasteiger partial charge in [-0.05, 0) is 54.1 Å². The van der Waals surface area contributed by atoms with E-state index in [2.05, 4.69) is 31.2 Å². The Balaban J connectivity index is 1.71. The molecule has 16 heavy (non-hydrogen) atoms. The average molecular weight is 214 g/mol. The summed E-state index contributed by atoms with van der Waals surface area (Å²) >= 11 is 0. The summed E-state index contributed by atoms with van der Waals surface area (Å²) in [6, 6.07) is 8.84. The standard InChI is InChI=1S/C15H18O/c1-9-8-15(9,16)14-12-7-6-10-4-2-3-5-11(10)13(12)14/h2-5,9,12-14,16H,6-8H2,1H3. The van der Waals surface area contributed by atoms with Gasteiger partial charge in [-0.15, -0.1) is 0 Å². The zero-order valence-corrected chi connectivity index (χ0v) is 9.69. The summed E-state index contributed by atoms with van der Waals surface area (Å²) in [7, 11) is 0. The SMILES string of the molecule is CC1CC1(O)C1C2CCc3ccccc3C21. The molecule has 0 aromatic heterocycles. The van der Waals surface area contributed by atoms with Gasteiger partial charge in [0.1, 0.15) is 0 Å². The Morgan fingerprint density at radius 1 is 1.31 bits per heavy atom. The lowest BCUT2D eigenvalue weighted by atomic mass is 9.92. The van der Waals surface area contributed by atoms with Crippen LogP contribution in [0.1, 0.15) is 36.8 Å². The number of hydrogen-bond acceptors (Lipinski definition) is 1. The van der Waals surface area contributed by atoms with Crippen LogP contribution >= 0.6 is 0 Å². The normalized spacial score (nSPS) is 48.1. The minimum Gasteiger partial charge on any atom is -0.389 e. The fourth-order valence-corrected chi connectivity index (χ4v) is 4.14. The molecule has 0 spiro atoms. The molecular formula is C15H18O. The van der Waals surface area contributed by atoms with E-state index in [0.717, 1.165) is 12.3 Å². The largest absolute Gasteiger partial charge is 0.389 e. The summed E-state index contributed by atoms with van der Waals surface area (Å²) in [5.41, 5.74) is 2.77. The fraction of sp³-hybridized carbons (Fsp3) is 0.600. The van der Waals surface area contributed by atoms with E-state index in [1.54, 1.807) is 0 Å². The van der Waals surface area contributed by atoms with Crippen molar-refractivity contribution < 1.29 is 5.11 Å². The van der Waals surface area contributed by atoms with Gasteiger partial charge >= 0.3 is 0 Å². The van der Waals surface area contributed by atoms with Crippen LogP contribution in [-0.4, -0.2) is 10.7 Å². The van der Waals surface area contributed by atoms with Crippen molar-refractivity contribution in [3.63, 3.8) is 0 Å². The molecule has 2 fully saturated rings. The van der Waals surface area contributed by atoms with Crippen molar-refractivity contribution in [3.05, 3.63) is 35.4 Å². The Bertz CT molecular complexity index is 453. The molecule has 0 radical (unpaired) electrons. The number of benzene rings is 1. The number of aryl methyl sites for hydroxylation is 1. The van der Waals surface area contributed by atoms with Crippen molar-refractivity contribution in [2.75, 3.05) is 0 Å². The van der Waals surface area contributed by atoms with Crippen LogP contribution in [0.2, 0.25) is 0 Å². The lowest BCUT2D eigenvalue weighted by molar-refractivity contribution is 0.102. The number of rotatable bonds is 1. The fourth-order valence-electron chi connectivity index (χ4n) is 4.14. The smallest absolute Gasteiger partial charge is 0.0714 e. The van der Waals surface area contributed by atoms with E-state index in [0.29, 0.717) is 17.8 Å². The van der Waals surface area contributed by atoms with E-state index < -0.39 is 0 Å². The third-order valence-corrected chi connectivity index (χ3v) is 5.23. The van der Waals surface area contributed by atoms with Gasteiger partial charge in [0.2, 0.25) is 0 Å². The Labute approximate surface area is 96.5 Å². The summed E-state index contributed by atoms with van der Waals surface area (Å²) in [4.78, 5) is 0. The van der Waals surface area contributed by atoms with Gasteiger partial charge in [0.05, 0.1) is 5.60 Å². The Hall–Kier alpha value is -0.820. The van der Waals surface area contributed by atoms with Crippen LogP contribution < -0.4 is 0 Å². The van der Waals surface area contributed by atoms with E-state index in [1.807, 2.05) is 0 Å². The zero-order chi connectivity index (χ0) is 10.9. The summed E-state index contributed by atoms with van der Waals surface area (Å²) in [5, 5.41) is 10.5. The molecule has 5 unspecified atom stereocenters. The summed E-state index contributed by atoms with van der Waals surface area (Å²) < 4.78 is 0. The molecule has 1 N–H and O–H groups in total. The van der Waals surface area contributed by atoms with Gasteiger partial charge in [-0.2, -0.15) is 0 Å². The predicted molar refractivity (Wildman–Crippen MR) is 63.2 cm³/mol. The third kappa shape index (κ3) is 1.00. The maximum atomic E-state index is 10.5. The van der Waals surface area contributed by atoms with Crippen molar-refractivity contribution in [1.29, 1.82) is 0 Å². The molecule has 1 heteroatoms. The van der Waals surface area contributed by atoms with Crippen LogP contribution in [0.15, 0.2) is 24.3 Å². The minimum absolute atomic E-state index is 0.299. The molecule has 0 amide bonds. The van der Waals surface area contributed by atoms with Gasteiger partial charge in [-0.1, -0.05) is 31.2 Å². The van der Waals surface area contributed by atoms with E-state index in [9.17, 15) is 5.11 Å². The van der Waals surface area contributed by atoms with E-state index >= 15 is 0 Å². The monoisotopic (exact) mass is 214 g/mol. The second kappa shape index (κ2) is 2.70. The maximum absolute atomic E-state index is 10.5. The predicted octanol–water partition coefficient (Wildman–Crippen LogP) is 2.73. The van der Waals surface area contributed by atoms with Gasteiger partial charge < -0.3 is 5.11 Å². The molecule has 3 aliphatic carbocycles. The van der Waals surface area contributed by atoms with Crippen molar-refractivity contribution in [2.45, 2.75) is 37.7 Å². The molecule has 0 bridgehead atoms. The average Bonchev–Trinajstić information content (AvgIpc) is 3.15. The first-order valence-corrected chi connectivity index (χ1v) is 6.52. The first-order valence-electron chi connectivity index (χ1n) is 6.52. The Kier molecular flexibility index (Phi) is 1.56. The van der Waals surface area contributed by atoms with Crippen LogP contribution in [0.4, 0.5) is 0 Å². The Morgan fingerprint density at radius 2 is 2.06 bits per heavy atom. The van der Waals surface area contributed by atoms with Crippen LogP contribution in [-0.2, 0) is 6.42 Å². The van der Waals surface area contributed by atoms with Crippen LogP contribution in [0.3, 0.4) is 0 Å². The molecule has 84 valence electrons. The molecule has 3 aliphatic rings. The lowest BCUT2D eigenvalue weighted by Gasteiger charge is -2.13. The van der Waals surface area contributed by atoms with E-state index in [1.165, 1.54) is 24.0 Å². The number of aliphatic hydroxyl groups is 1. The highest BCUT2D eigenvalue weighted by molar-refractivity contribution is 5.42. The first kappa shape index (κ1) is 9.23. The molecule has 1 aromatic rings. The summed E-state index contributed by atoms with van der Waals surface area (Å²) in [6.07, 6.45) is 3.55. The highest BCUT2D eigenvalue weighted by atomic mass is 16.3. The van der Waals surface area contributed by atoms with Crippen LogP contribution in [0.25, 0.3) is 0 Å². The maximum Gasteiger partial charge on any atom is 0.0714 e. The van der Waals surface area contributed by atoms with Crippen LogP contribution in [0, 0.1) is 17.8 Å². The van der Waals surface area contributed by atoms with Crippen molar-refractivity contribution in [1.82, 2.24) is 0 Å². The molecule has 0 saturated heterocycles. The minimum atomic E-state index is -0.299. The molecule has 0 aliphatic heterocycles. The summed E-state index contributed by atoms with van der Waals surface area (Å²) in [6.45, 7) is 2.19. The van der Waals surface area contributed by atoms with Gasteiger partial charge in [-0.25, -0.2) is 0 Å². The lowest BCUT2D eigenvalue weighted by Crippen LogP contribution is -2.15. The molecule has 1 nitrogen and oxygen atoms in total. The van der Waals surface area contributed by atoms with Gasteiger partial charge in [0, 0.05) is 0 Å². The van der Waals surface area contributed by atoms with Gasteiger partial charge in [-0.3, -0.25) is 0 Å². The van der Waals surface area contributed by atoms with E-state index in [-0.39, 0.29) is 5.60 Å². The molecule has 2 saturated carbocycles. The zero-order valence-electron chi connectivity index (χ0n) is 9.69. The second-order valence-corrected chi connectivity index (χ2v) is 6.05. The highest BCUT2D eigenvalue weighted by Gasteiger charge is 2.69. The number of hydrogen-bond donors (Lipinski definition) is 1. The molecular weight excluding hydrogens is 196 g/mol.